The highest BCUT2D eigenvalue weighted by Gasteiger charge is 2.21. The molecule has 1 atom stereocenters. The van der Waals surface area contributed by atoms with Crippen LogP contribution < -0.4 is 5.32 Å². The van der Waals surface area contributed by atoms with E-state index in [9.17, 15) is 4.79 Å². The molecule has 1 saturated heterocycles. The monoisotopic (exact) mass is 339 g/mol. The summed E-state index contributed by atoms with van der Waals surface area (Å²) >= 11 is 0. The molecule has 1 amide bonds. The molecule has 0 saturated carbocycles. The fourth-order valence-corrected chi connectivity index (χ4v) is 3.20. The van der Waals surface area contributed by atoms with E-state index in [1.165, 1.54) is 11.9 Å². The van der Waals surface area contributed by atoms with Gasteiger partial charge in [-0.05, 0) is 49.4 Å². The van der Waals surface area contributed by atoms with Crippen LogP contribution in [0.25, 0.3) is 0 Å². The van der Waals surface area contributed by atoms with E-state index in [-0.39, 0.29) is 5.91 Å². The predicted octanol–water partition coefficient (Wildman–Crippen LogP) is 2.08. The van der Waals surface area contributed by atoms with E-state index < -0.39 is 0 Å². The summed E-state index contributed by atoms with van der Waals surface area (Å²) in [6.07, 6.45) is 8.27. The van der Waals surface area contributed by atoms with Crippen molar-refractivity contribution < 1.29 is 4.79 Å². The Bertz CT molecular complexity index is 674. The van der Waals surface area contributed by atoms with Gasteiger partial charge in [-0.3, -0.25) is 14.7 Å². The number of hydrogen-bond acceptors (Lipinski definition) is 5. The molecule has 2 aromatic rings. The van der Waals surface area contributed by atoms with E-state index in [1.54, 1.807) is 12.3 Å². The van der Waals surface area contributed by atoms with Crippen molar-refractivity contribution in [3.05, 3.63) is 53.9 Å². The summed E-state index contributed by atoms with van der Waals surface area (Å²) in [6.45, 7) is 5.78. The fourth-order valence-electron chi connectivity index (χ4n) is 3.20. The van der Waals surface area contributed by atoms with Crippen molar-refractivity contribution in [2.24, 2.45) is 5.92 Å². The molecule has 25 heavy (non-hydrogen) atoms. The average molecular weight is 339 g/mol. The zero-order valence-electron chi connectivity index (χ0n) is 14.7. The van der Waals surface area contributed by atoms with Crippen LogP contribution in [0.15, 0.2) is 36.9 Å². The van der Waals surface area contributed by atoms with Gasteiger partial charge in [-0.2, -0.15) is 0 Å². The second kappa shape index (κ2) is 8.67. The van der Waals surface area contributed by atoms with Gasteiger partial charge in [0.25, 0.3) is 5.91 Å². The normalized spacial score (nSPS) is 18.0. The van der Waals surface area contributed by atoms with Crippen LogP contribution in [0.1, 0.15) is 41.5 Å². The Balaban J connectivity index is 1.48. The molecule has 1 N–H and O–H groups in total. The summed E-state index contributed by atoms with van der Waals surface area (Å²) in [5.74, 6) is 0.339. The van der Waals surface area contributed by atoms with Gasteiger partial charge in [-0.25, -0.2) is 9.97 Å². The minimum atomic E-state index is -0.128. The van der Waals surface area contributed by atoms with Crippen LogP contribution in [0.4, 0.5) is 0 Å². The molecule has 3 rings (SSSR count). The van der Waals surface area contributed by atoms with Crippen LogP contribution in [0.2, 0.25) is 0 Å². The second-order valence-electron chi connectivity index (χ2n) is 6.56. The molecule has 0 spiro atoms. The minimum absolute atomic E-state index is 0.128. The molecule has 1 aliphatic rings. The third kappa shape index (κ3) is 5.06. The van der Waals surface area contributed by atoms with Gasteiger partial charge in [0, 0.05) is 32.0 Å². The van der Waals surface area contributed by atoms with Crippen LogP contribution in [0, 0.1) is 5.92 Å². The zero-order chi connectivity index (χ0) is 17.5. The van der Waals surface area contributed by atoms with Crippen LogP contribution in [0.5, 0.6) is 0 Å². The summed E-state index contributed by atoms with van der Waals surface area (Å²) in [4.78, 5) is 26.9. The molecule has 0 aliphatic carbocycles. The number of nitrogens with zero attached hydrogens (tertiary/aromatic N) is 4. The predicted molar refractivity (Wildman–Crippen MR) is 96.0 cm³/mol. The number of amides is 1. The second-order valence-corrected chi connectivity index (χ2v) is 6.56. The van der Waals surface area contributed by atoms with Gasteiger partial charge in [-0.15, -0.1) is 0 Å². The Morgan fingerprint density at radius 2 is 2.24 bits per heavy atom. The first-order chi connectivity index (χ1) is 12.2. The van der Waals surface area contributed by atoms with E-state index in [4.69, 9.17) is 0 Å². The Labute approximate surface area is 148 Å². The van der Waals surface area contributed by atoms with Crippen molar-refractivity contribution in [3.63, 3.8) is 0 Å². The minimum Gasteiger partial charge on any atom is -0.350 e. The van der Waals surface area contributed by atoms with Crippen molar-refractivity contribution in [1.29, 1.82) is 0 Å². The topological polar surface area (TPSA) is 71.0 Å². The number of aromatic nitrogens is 3. The summed E-state index contributed by atoms with van der Waals surface area (Å²) < 4.78 is 0. The molecular formula is C19H25N5O. The summed E-state index contributed by atoms with van der Waals surface area (Å²) in [5.41, 5.74) is 2.80. The molecule has 6 nitrogen and oxygen atoms in total. The number of nitrogens with one attached hydrogen (secondary N) is 1. The van der Waals surface area contributed by atoms with Gasteiger partial charge < -0.3 is 5.32 Å². The highest BCUT2D eigenvalue weighted by Crippen LogP contribution is 2.18. The third-order valence-electron chi connectivity index (χ3n) is 4.65. The lowest BCUT2D eigenvalue weighted by Crippen LogP contribution is -2.40. The SMILES string of the molecule is CCc1ccc(CN2CCC[C@H](CNC(=O)c3ccncn3)C2)nc1. The molecule has 2 aromatic heterocycles. The molecule has 0 radical (unpaired) electrons. The first-order valence-corrected chi connectivity index (χ1v) is 8.95. The Hall–Kier alpha value is -2.34. The average Bonchev–Trinajstić information content (AvgIpc) is 2.68. The number of likely N-dealkylation sites (tertiary alicyclic amines) is 1. The van der Waals surface area contributed by atoms with Crippen LogP contribution >= 0.6 is 0 Å². The lowest BCUT2D eigenvalue weighted by molar-refractivity contribution is 0.0925. The van der Waals surface area contributed by atoms with Crippen molar-refractivity contribution in [3.8, 4) is 0 Å². The van der Waals surface area contributed by atoms with Gasteiger partial charge >= 0.3 is 0 Å². The highest BCUT2D eigenvalue weighted by atomic mass is 16.1. The molecule has 3 heterocycles. The maximum atomic E-state index is 12.1. The quantitative estimate of drug-likeness (QED) is 0.872. The molecule has 0 aromatic carbocycles. The van der Waals surface area contributed by atoms with Crippen LogP contribution in [-0.4, -0.2) is 45.4 Å². The van der Waals surface area contributed by atoms with E-state index in [0.717, 1.165) is 44.6 Å². The number of hydrogen-bond donors (Lipinski definition) is 1. The lowest BCUT2D eigenvalue weighted by Gasteiger charge is -2.32. The molecular weight excluding hydrogens is 314 g/mol. The smallest absolute Gasteiger partial charge is 0.270 e. The number of pyridine rings is 1. The Morgan fingerprint density at radius 1 is 1.32 bits per heavy atom. The van der Waals surface area contributed by atoms with E-state index >= 15 is 0 Å². The maximum Gasteiger partial charge on any atom is 0.270 e. The number of carbonyl (C=O) groups is 1. The molecule has 1 fully saturated rings. The number of aryl methyl sites for hydroxylation is 1. The van der Waals surface area contributed by atoms with E-state index in [0.29, 0.717) is 18.2 Å². The highest BCUT2D eigenvalue weighted by molar-refractivity contribution is 5.92. The van der Waals surface area contributed by atoms with Crippen molar-refractivity contribution in [2.75, 3.05) is 19.6 Å². The lowest BCUT2D eigenvalue weighted by atomic mass is 9.97. The van der Waals surface area contributed by atoms with E-state index in [1.807, 2.05) is 6.20 Å². The number of carbonyl (C=O) groups excluding carboxylic acids is 1. The van der Waals surface area contributed by atoms with Gasteiger partial charge in [0.1, 0.15) is 12.0 Å². The van der Waals surface area contributed by atoms with Gasteiger partial charge in [0.2, 0.25) is 0 Å². The molecule has 1 aliphatic heterocycles. The van der Waals surface area contributed by atoms with Crippen LogP contribution in [0.3, 0.4) is 0 Å². The van der Waals surface area contributed by atoms with Gasteiger partial charge in [-0.1, -0.05) is 13.0 Å². The largest absolute Gasteiger partial charge is 0.350 e. The first-order valence-electron chi connectivity index (χ1n) is 8.95. The standard InChI is InChI=1S/C19H25N5O/c1-2-15-5-6-17(21-10-15)13-24-9-3-4-16(12-24)11-22-19(25)18-7-8-20-14-23-18/h5-8,10,14,16H,2-4,9,11-13H2,1H3,(H,22,25)/t16-/m1/s1. The number of piperidine rings is 1. The summed E-state index contributed by atoms with van der Waals surface area (Å²) in [5, 5.41) is 3.00. The Kier molecular flexibility index (Phi) is 6.06. The molecule has 0 unspecified atom stereocenters. The maximum absolute atomic E-state index is 12.1. The summed E-state index contributed by atoms with van der Waals surface area (Å²) in [6, 6.07) is 5.92. The number of rotatable bonds is 6. The van der Waals surface area contributed by atoms with Gasteiger partial charge in [0.15, 0.2) is 0 Å². The van der Waals surface area contributed by atoms with Crippen molar-refractivity contribution >= 4 is 5.91 Å². The first kappa shape index (κ1) is 17.5. The summed E-state index contributed by atoms with van der Waals surface area (Å²) in [7, 11) is 0. The van der Waals surface area contributed by atoms with E-state index in [2.05, 4.69) is 44.2 Å². The third-order valence-corrected chi connectivity index (χ3v) is 4.65. The zero-order valence-corrected chi connectivity index (χ0v) is 14.7. The van der Waals surface area contributed by atoms with Crippen molar-refractivity contribution in [1.82, 2.24) is 25.2 Å². The molecule has 0 bridgehead atoms. The Morgan fingerprint density at radius 3 is 2.96 bits per heavy atom. The van der Waals surface area contributed by atoms with Crippen LogP contribution in [-0.2, 0) is 13.0 Å². The molecule has 6 heteroatoms. The van der Waals surface area contributed by atoms with Crippen molar-refractivity contribution in [2.45, 2.75) is 32.7 Å². The fraction of sp³-hybridized carbons (Fsp3) is 0.474. The molecule has 132 valence electrons. The van der Waals surface area contributed by atoms with Gasteiger partial charge in [0.05, 0.1) is 5.69 Å².